The van der Waals surface area contributed by atoms with Crippen LogP contribution in [0.3, 0.4) is 0 Å². The van der Waals surface area contributed by atoms with Crippen LogP contribution in [0.4, 0.5) is 0 Å². The number of rotatable bonds is 7. The maximum absolute atomic E-state index is 12.6. The minimum absolute atomic E-state index is 0.142. The number of amides is 2. The van der Waals surface area contributed by atoms with E-state index in [1.807, 2.05) is 6.07 Å². The Hall–Kier alpha value is -2.08. The highest BCUT2D eigenvalue weighted by Crippen LogP contribution is 2.35. The summed E-state index contributed by atoms with van der Waals surface area (Å²) in [5.74, 6) is 1.99. The van der Waals surface area contributed by atoms with Crippen molar-refractivity contribution < 1.29 is 14.3 Å². The summed E-state index contributed by atoms with van der Waals surface area (Å²) in [4.78, 5) is 29.6. The van der Waals surface area contributed by atoms with Gasteiger partial charge in [-0.3, -0.25) is 14.5 Å². The first-order valence-corrected chi connectivity index (χ1v) is 12.1. The van der Waals surface area contributed by atoms with E-state index in [-0.39, 0.29) is 11.8 Å². The van der Waals surface area contributed by atoms with E-state index in [1.54, 1.807) is 7.11 Å². The van der Waals surface area contributed by atoms with Gasteiger partial charge in [0.1, 0.15) is 5.75 Å². The predicted octanol–water partition coefficient (Wildman–Crippen LogP) is 2.96. The van der Waals surface area contributed by atoms with Crippen molar-refractivity contribution in [3.8, 4) is 5.75 Å². The molecule has 1 aromatic rings. The molecule has 1 aliphatic heterocycles. The average Bonchev–Trinajstić information content (AvgIpc) is 3.34. The highest BCUT2D eigenvalue weighted by atomic mass is 16.5. The van der Waals surface area contributed by atoms with Crippen LogP contribution in [-0.4, -0.2) is 68.0 Å². The number of piperazine rings is 1. The second-order valence-corrected chi connectivity index (χ2v) is 9.36. The highest BCUT2D eigenvalue weighted by Gasteiger charge is 2.29. The van der Waals surface area contributed by atoms with E-state index in [2.05, 4.69) is 27.2 Å². The molecule has 6 nitrogen and oxygen atoms in total. The molecule has 2 amide bonds. The van der Waals surface area contributed by atoms with E-state index in [0.717, 1.165) is 70.6 Å². The van der Waals surface area contributed by atoms with Crippen LogP contribution in [0.25, 0.3) is 0 Å². The van der Waals surface area contributed by atoms with Gasteiger partial charge >= 0.3 is 0 Å². The summed E-state index contributed by atoms with van der Waals surface area (Å²) in [6.45, 7) is 5.00. The van der Waals surface area contributed by atoms with Gasteiger partial charge in [0.15, 0.2) is 0 Å². The summed E-state index contributed by atoms with van der Waals surface area (Å²) < 4.78 is 5.35. The molecule has 31 heavy (non-hydrogen) atoms. The third-order valence-electron chi connectivity index (χ3n) is 7.36. The van der Waals surface area contributed by atoms with E-state index in [0.29, 0.717) is 24.8 Å². The molecule has 1 atom stereocenters. The summed E-state index contributed by atoms with van der Waals surface area (Å²) >= 11 is 0. The van der Waals surface area contributed by atoms with Gasteiger partial charge in [-0.2, -0.15) is 0 Å². The van der Waals surface area contributed by atoms with E-state index in [4.69, 9.17) is 4.74 Å². The number of nitrogens with one attached hydrogen (secondary N) is 1. The van der Waals surface area contributed by atoms with Gasteiger partial charge in [0.25, 0.3) is 0 Å². The lowest BCUT2D eigenvalue weighted by Crippen LogP contribution is -2.51. The molecular weight excluding hydrogens is 390 g/mol. The van der Waals surface area contributed by atoms with Crippen LogP contribution < -0.4 is 10.1 Å². The Balaban J connectivity index is 1.17. The highest BCUT2D eigenvalue weighted by molar-refractivity contribution is 5.79. The molecule has 170 valence electrons. The van der Waals surface area contributed by atoms with Gasteiger partial charge in [0, 0.05) is 51.6 Å². The summed E-state index contributed by atoms with van der Waals surface area (Å²) in [5, 5.41) is 3.12. The van der Waals surface area contributed by atoms with Crippen molar-refractivity contribution in [2.75, 3.05) is 46.4 Å². The lowest BCUT2D eigenvalue weighted by Gasteiger charge is -2.36. The molecule has 1 unspecified atom stereocenters. The zero-order valence-electron chi connectivity index (χ0n) is 18.9. The number of carbonyl (C=O) groups excluding carboxylic acids is 2. The van der Waals surface area contributed by atoms with Crippen molar-refractivity contribution in [3.63, 3.8) is 0 Å². The Morgan fingerprint density at radius 1 is 1.06 bits per heavy atom. The van der Waals surface area contributed by atoms with Crippen molar-refractivity contribution >= 4 is 11.8 Å². The predicted molar refractivity (Wildman–Crippen MR) is 121 cm³/mol. The van der Waals surface area contributed by atoms with E-state index < -0.39 is 0 Å². The lowest BCUT2D eigenvalue weighted by molar-refractivity contribution is -0.137. The van der Waals surface area contributed by atoms with Crippen molar-refractivity contribution in [2.24, 2.45) is 5.92 Å². The van der Waals surface area contributed by atoms with Crippen LogP contribution in [0.15, 0.2) is 18.2 Å². The Kier molecular flexibility index (Phi) is 7.49. The number of aryl methyl sites for hydroxylation is 1. The first-order chi connectivity index (χ1) is 15.1. The number of ether oxygens (including phenoxy) is 1. The zero-order valence-corrected chi connectivity index (χ0v) is 18.9. The standard InChI is InChI=1S/C25H37N3O3/c1-31-22-9-10-23-20(17-22)7-4-8-21(23)18-24(29)26-11-12-27-13-15-28(16-14-27)25(30)19-5-2-3-6-19/h9-10,17,19,21H,2-8,11-16,18H2,1H3,(H,26,29). The first kappa shape index (κ1) is 22.1. The number of hydrogen-bond donors (Lipinski definition) is 1. The summed E-state index contributed by atoms with van der Waals surface area (Å²) in [7, 11) is 1.70. The van der Waals surface area contributed by atoms with Crippen LogP contribution >= 0.6 is 0 Å². The number of carbonyl (C=O) groups is 2. The fourth-order valence-corrected chi connectivity index (χ4v) is 5.50. The second-order valence-electron chi connectivity index (χ2n) is 9.36. The molecule has 6 heteroatoms. The quantitative estimate of drug-likeness (QED) is 0.727. The van der Waals surface area contributed by atoms with E-state index in [1.165, 1.54) is 24.0 Å². The van der Waals surface area contributed by atoms with Gasteiger partial charge in [-0.05, 0) is 61.3 Å². The molecule has 2 aliphatic carbocycles. The third-order valence-corrected chi connectivity index (χ3v) is 7.36. The second kappa shape index (κ2) is 10.5. The van der Waals surface area contributed by atoms with Gasteiger partial charge in [-0.15, -0.1) is 0 Å². The van der Waals surface area contributed by atoms with Gasteiger partial charge in [-0.25, -0.2) is 0 Å². The van der Waals surface area contributed by atoms with Gasteiger partial charge in [-0.1, -0.05) is 18.9 Å². The molecule has 2 fully saturated rings. The molecule has 3 aliphatic rings. The molecule has 1 heterocycles. The molecule has 0 spiro atoms. The molecule has 1 saturated heterocycles. The summed E-state index contributed by atoms with van der Waals surface area (Å²) in [6, 6.07) is 6.26. The molecule has 1 saturated carbocycles. The summed E-state index contributed by atoms with van der Waals surface area (Å²) in [6.07, 6.45) is 8.39. The fourth-order valence-electron chi connectivity index (χ4n) is 5.50. The Morgan fingerprint density at radius 2 is 1.84 bits per heavy atom. The van der Waals surface area contributed by atoms with Crippen LogP contribution in [-0.2, 0) is 16.0 Å². The molecule has 0 bridgehead atoms. The monoisotopic (exact) mass is 427 g/mol. The normalized spacial score (nSPS) is 22.2. The minimum atomic E-state index is 0.142. The maximum atomic E-state index is 12.6. The number of benzene rings is 1. The van der Waals surface area contributed by atoms with E-state index in [9.17, 15) is 9.59 Å². The van der Waals surface area contributed by atoms with Gasteiger partial charge < -0.3 is 15.0 Å². The van der Waals surface area contributed by atoms with Crippen molar-refractivity contribution in [2.45, 2.75) is 57.3 Å². The Morgan fingerprint density at radius 3 is 2.58 bits per heavy atom. The molecule has 4 rings (SSSR count). The Bertz CT molecular complexity index is 767. The number of nitrogens with zero attached hydrogens (tertiary/aromatic N) is 2. The first-order valence-electron chi connectivity index (χ1n) is 12.1. The minimum Gasteiger partial charge on any atom is -0.497 e. The van der Waals surface area contributed by atoms with Gasteiger partial charge in [0.2, 0.25) is 11.8 Å². The van der Waals surface area contributed by atoms with Crippen LogP contribution in [0.1, 0.15) is 62.0 Å². The number of hydrogen-bond acceptors (Lipinski definition) is 4. The maximum Gasteiger partial charge on any atom is 0.225 e. The third kappa shape index (κ3) is 5.59. The smallest absolute Gasteiger partial charge is 0.225 e. The number of fused-ring (bicyclic) bond motifs is 1. The summed E-state index contributed by atoms with van der Waals surface area (Å²) in [5.41, 5.74) is 2.64. The topological polar surface area (TPSA) is 61.9 Å². The van der Waals surface area contributed by atoms with E-state index >= 15 is 0 Å². The van der Waals surface area contributed by atoms with Crippen molar-refractivity contribution in [3.05, 3.63) is 29.3 Å². The van der Waals surface area contributed by atoms with Crippen LogP contribution in [0.2, 0.25) is 0 Å². The number of methoxy groups -OCH3 is 1. The molecule has 1 aromatic carbocycles. The zero-order chi connectivity index (χ0) is 21.6. The largest absolute Gasteiger partial charge is 0.497 e. The Labute approximate surface area is 186 Å². The van der Waals surface area contributed by atoms with Gasteiger partial charge in [0.05, 0.1) is 7.11 Å². The molecular formula is C25H37N3O3. The molecule has 0 radical (unpaired) electrons. The average molecular weight is 428 g/mol. The lowest BCUT2D eigenvalue weighted by atomic mass is 9.81. The van der Waals surface area contributed by atoms with Crippen LogP contribution in [0.5, 0.6) is 5.75 Å². The van der Waals surface area contributed by atoms with Crippen molar-refractivity contribution in [1.29, 1.82) is 0 Å². The molecule has 0 aromatic heterocycles. The SMILES string of the molecule is COc1ccc2c(c1)CCCC2CC(=O)NCCN1CCN(C(=O)C2CCCC2)CC1. The van der Waals surface area contributed by atoms with Crippen LogP contribution in [0, 0.1) is 5.92 Å². The fraction of sp³-hybridized carbons (Fsp3) is 0.680. The molecule has 1 N–H and O–H groups in total. The van der Waals surface area contributed by atoms with Crippen molar-refractivity contribution in [1.82, 2.24) is 15.1 Å².